The molecule has 0 N–H and O–H groups in total. The summed E-state index contributed by atoms with van der Waals surface area (Å²) in [5.41, 5.74) is 3.49. The van der Waals surface area contributed by atoms with Gasteiger partial charge in [-0.1, -0.05) is 29.8 Å². The number of nitrogens with zero attached hydrogens (tertiary/aromatic N) is 1. The molecule has 0 fully saturated rings. The van der Waals surface area contributed by atoms with Gasteiger partial charge in [0.25, 0.3) is 0 Å². The molecule has 0 saturated carbocycles. The lowest BCUT2D eigenvalue weighted by molar-refractivity contribution is -0.137. The number of hydrogen-bond acceptors (Lipinski definition) is 1. The van der Waals surface area contributed by atoms with Crippen LogP contribution in [-0.4, -0.2) is 10.9 Å². The van der Waals surface area contributed by atoms with Crippen molar-refractivity contribution in [3.05, 3.63) is 69.2 Å². The van der Waals surface area contributed by atoms with Crippen LogP contribution in [0.25, 0.3) is 0 Å². The molecule has 1 atom stereocenters. The van der Waals surface area contributed by atoms with Gasteiger partial charge in [0.15, 0.2) is 0 Å². The summed E-state index contributed by atoms with van der Waals surface area (Å²) in [5, 5.41) is 0.776. The third-order valence-electron chi connectivity index (χ3n) is 4.99. The maximum absolute atomic E-state index is 12.9. The van der Waals surface area contributed by atoms with Crippen LogP contribution in [0.3, 0.4) is 0 Å². The van der Waals surface area contributed by atoms with Crippen LogP contribution in [0.1, 0.15) is 41.2 Å². The lowest BCUT2D eigenvalue weighted by atomic mass is 10.0. The molecule has 0 spiro atoms. The fourth-order valence-electron chi connectivity index (χ4n) is 3.26. The first kappa shape index (κ1) is 18.3. The van der Waals surface area contributed by atoms with Crippen LogP contribution in [0, 0.1) is 6.92 Å². The van der Waals surface area contributed by atoms with Gasteiger partial charge in [-0.15, -0.1) is 0 Å². The molecule has 0 aromatic heterocycles. The fraction of sp³-hybridized carbons (Fsp3) is 0.400. The van der Waals surface area contributed by atoms with E-state index in [0.717, 1.165) is 34.6 Å². The standard InChI is InChI=1S/C20H21ClF3N/c1-13-3-5-15(9-19(13)21)6-4-14(2)25-11-16-7-8-18(20(22,23)24)10-17(16)12-25/h3,5,7-10,14H,4,6,11-12H2,1-2H3/t14-/m1/s1. The molecular weight excluding hydrogens is 347 g/mol. The molecule has 3 rings (SSSR count). The van der Waals surface area contributed by atoms with Crippen molar-refractivity contribution in [2.45, 2.75) is 52.0 Å². The van der Waals surface area contributed by atoms with Gasteiger partial charge in [0, 0.05) is 24.2 Å². The molecule has 134 valence electrons. The topological polar surface area (TPSA) is 3.24 Å². The molecule has 2 aromatic rings. The minimum atomic E-state index is -4.28. The molecule has 1 heterocycles. The third kappa shape index (κ3) is 4.18. The molecule has 0 saturated heterocycles. The lowest BCUT2D eigenvalue weighted by Crippen LogP contribution is -2.28. The van der Waals surface area contributed by atoms with Crippen LogP contribution in [0.4, 0.5) is 13.2 Å². The first-order chi connectivity index (χ1) is 11.7. The van der Waals surface area contributed by atoms with E-state index < -0.39 is 11.7 Å². The Balaban J connectivity index is 1.62. The van der Waals surface area contributed by atoms with Gasteiger partial charge >= 0.3 is 6.18 Å². The average Bonchev–Trinajstić information content (AvgIpc) is 2.98. The second kappa shape index (κ2) is 7.00. The van der Waals surface area contributed by atoms with Crippen LogP contribution in [-0.2, 0) is 25.7 Å². The number of halogens is 4. The fourth-order valence-corrected chi connectivity index (χ4v) is 3.46. The van der Waals surface area contributed by atoms with Crippen molar-refractivity contribution >= 4 is 11.6 Å². The first-order valence-electron chi connectivity index (χ1n) is 8.42. The quantitative estimate of drug-likeness (QED) is 0.640. The predicted octanol–water partition coefficient (Wildman–Crippen LogP) is 6.00. The maximum atomic E-state index is 12.9. The highest BCUT2D eigenvalue weighted by Crippen LogP contribution is 2.34. The van der Waals surface area contributed by atoms with E-state index in [1.807, 2.05) is 19.1 Å². The summed E-state index contributed by atoms with van der Waals surface area (Å²) in [6, 6.07) is 10.5. The van der Waals surface area contributed by atoms with Crippen LogP contribution in [0.5, 0.6) is 0 Å². The third-order valence-corrected chi connectivity index (χ3v) is 5.40. The Morgan fingerprint density at radius 2 is 1.80 bits per heavy atom. The molecule has 1 aliphatic heterocycles. The van der Waals surface area contributed by atoms with Crippen molar-refractivity contribution in [3.8, 4) is 0 Å². The van der Waals surface area contributed by atoms with Crippen LogP contribution in [0.2, 0.25) is 5.02 Å². The van der Waals surface area contributed by atoms with E-state index in [-0.39, 0.29) is 0 Å². The van der Waals surface area contributed by atoms with Gasteiger partial charge in [-0.25, -0.2) is 0 Å². The summed E-state index contributed by atoms with van der Waals surface area (Å²) < 4.78 is 38.6. The van der Waals surface area contributed by atoms with Gasteiger partial charge in [-0.05, 0) is 67.1 Å². The monoisotopic (exact) mass is 367 g/mol. The zero-order valence-electron chi connectivity index (χ0n) is 14.3. The number of alkyl halides is 3. The second-order valence-electron chi connectivity index (χ2n) is 6.86. The zero-order valence-corrected chi connectivity index (χ0v) is 15.1. The van der Waals surface area contributed by atoms with Crippen LogP contribution in [0.15, 0.2) is 36.4 Å². The van der Waals surface area contributed by atoms with Gasteiger partial charge in [0.2, 0.25) is 0 Å². The Labute approximate surface area is 151 Å². The summed E-state index contributed by atoms with van der Waals surface area (Å²) in [5.74, 6) is 0. The Morgan fingerprint density at radius 1 is 1.08 bits per heavy atom. The normalized spacial score (nSPS) is 16.1. The van der Waals surface area contributed by atoms with E-state index in [2.05, 4.69) is 17.9 Å². The van der Waals surface area contributed by atoms with E-state index in [1.54, 1.807) is 6.07 Å². The van der Waals surface area contributed by atoms with Gasteiger partial charge in [-0.2, -0.15) is 13.2 Å². The van der Waals surface area contributed by atoms with Crippen molar-refractivity contribution in [2.75, 3.05) is 0 Å². The average molecular weight is 368 g/mol. The Kier molecular flexibility index (Phi) is 5.12. The summed E-state index contributed by atoms with van der Waals surface area (Å²) >= 11 is 6.17. The smallest absolute Gasteiger partial charge is 0.292 e. The minimum absolute atomic E-state index is 0.293. The van der Waals surface area contributed by atoms with Crippen molar-refractivity contribution < 1.29 is 13.2 Å². The second-order valence-corrected chi connectivity index (χ2v) is 7.26. The number of rotatable bonds is 4. The molecule has 0 unspecified atom stereocenters. The first-order valence-corrected chi connectivity index (χ1v) is 8.80. The van der Waals surface area contributed by atoms with Gasteiger partial charge in [-0.3, -0.25) is 4.90 Å². The lowest BCUT2D eigenvalue weighted by Gasteiger charge is -2.23. The Hall–Kier alpha value is -1.52. The van der Waals surface area contributed by atoms with E-state index in [0.29, 0.717) is 19.1 Å². The molecule has 0 aliphatic carbocycles. The Morgan fingerprint density at radius 3 is 2.48 bits per heavy atom. The molecule has 1 nitrogen and oxygen atoms in total. The summed E-state index contributed by atoms with van der Waals surface area (Å²) in [7, 11) is 0. The molecule has 1 aliphatic rings. The molecule has 2 aromatic carbocycles. The number of aryl methyl sites for hydroxylation is 2. The highest BCUT2D eigenvalue weighted by Gasteiger charge is 2.32. The number of hydrogen-bond donors (Lipinski definition) is 0. The maximum Gasteiger partial charge on any atom is 0.416 e. The van der Waals surface area contributed by atoms with Gasteiger partial charge in [0.1, 0.15) is 0 Å². The van der Waals surface area contributed by atoms with Gasteiger partial charge < -0.3 is 0 Å². The minimum Gasteiger partial charge on any atom is -0.292 e. The predicted molar refractivity (Wildman–Crippen MR) is 94.7 cm³/mol. The largest absolute Gasteiger partial charge is 0.416 e. The SMILES string of the molecule is Cc1ccc(CC[C@@H](C)N2Cc3ccc(C(F)(F)F)cc3C2)cc1Cl. The molecule has 0 bridgehead atoms. The van der Waals surface area contributed by atoms with E-state index in [4.69, 9.17) is 11.6 Å². The van der Waals surface area contributed by atoms with Gasteiger partial charge in [0.05, 0.1) is 5.56 Å². The van der Waals surface area contributed by atoms with E-state index >= 15 is 0 Å². The highest BCUT2D eigenvalue weighted by atomic mass is 35.5. The van der Waals surface area contributed by atoms with Crippen molar-refractivity contribution in [2.24, 2.45) is 0 Å². The summed E-state index contributed by atoms with van der Waals surface area (Å²) in [6.45, 7) is 5.40. The van der Waals surface area contributed by atoms with Crippen LogP contribution < -0.4 is 0 Å². The summed E-state index contributed by atoms with van der Waals surface area (Å²) in [4.78, 5) is 2.24. The van der Waals surface area contributed by atoms with Crippen molar-refractivity contribution in [3.63, 3.8) is 0 Å². The van der Waals surface area contributed by atoms with Crippen molar-refractivity contribution in [1.82, 2.24) is 4.90 Å². The molecular formula is C20H21ClF3N. The highest BCUT2D eigenvalue weighted by molar-refractivity contribution is 6.31. The Bertz CT molecular complexity index is 770. The molecule has 25 heavy (non-hydrogen) atoms. The molecule has 5 heteroatoms. The number of benzene rings is 2. The summed E-state index contributed by atoms with van der Waals surface area (Å²) in [6.07, 6.45) is -2.43. The van der Waals surface area contributed by atoms with Crippen molar-refractivity contribution in [1.29, 1.82) is 0 Å². The zero-order chi connectivity index (χ0) is 18.2. The molecule has 0 radical (unpaired) electrons. The van der Waals surface area contributed by atoms with Crippen LogP contribution >= 0.6 is 11.6 Å². The number of fused-ring (bicyclic) bond motifs is 1. The van der Waals surface area contributed by atoms with E-state index in [9.17, 15) is 13.2 Å². The molecule has 0 amide bonds. The van der Waals surface area contributed by atoms with E-state index in [1.165, 1.54) is 17.7 Å².